The molecule has 0 atom stereocenters. The Hall–Kier alpha value is -0.610. The van der Waals surface area contributed by atoms with Crippen molar-refractivity contribution in [1.82, 2.24) is 10.6 Å². The van der Waals surface area contributed by atoms with Crippen LogP contribution in [-0.4, -0.2) is 17.6 Å². The maximum atomic E-state index is 10.1. The maximum Gasteiger partial charge on any atom is 0.234 e. The summed E-state index contributed by atoms with van der Waals surface area (Å²) < 4.78 is 0. The van der Waals surface area contributed by atoms with E-state index < -0.39 is 0 Å². The molecule has 0 spiro atoms. The van der Waals surface area contributed by atoms with Gasteiger partial charge in [-0.1, -0.05) is 0 Å². The molecule has 0 radical (unpaired) electrons. The summed E-state index contributed by atoms with van der Waals surface area (Å²) in [4.78, 5) is 10.1. The molecule has 1 N–H and O–H groups in total. The van der Waals surface area contributed by atoms with Crippen molar-refractivity contribution >= 4 is 5.91 Å². The molecule has 0 saturated carbocycles. The standard InChI is InChI=1S/C3H5N2O2/c6-3-1-2-5(7)4-3/h1-2H2,(H,4,6)/q-1. The van der Waals surface area contributed by atoms with Crippen molar-refractivity contribution in [2.75, 3.05) is 6.54 Å². The van der Waals surface area contributed by atoms with Gasteiger partial charge >= 0.3 is 0 Å². The third-order valence-corrected chi connectivity index (χ3v) is 0.791. The van der Waals surface area contributed by atoms with Crippen LogP contribution in [0.5, 0.6) is 0 Å². The van der Waals surface area contributed by atoms with Crippen molar-refractivity contribution in [2.45, 2.75) is 6.42 Å². The topological polar surface area (TPSA) is 55.4 Å². The van der Waals surface area contributed by atoms with Gasteiger partial charge in [-0.15, -0.1) is 0 Å². The smallest absolute Gasteiger partial charge is 0.234 e. The SMILES string of the molecule is O=C1CCN([O-])N1. The number of nitrogens with zero attached hydrogens (tertiary/aromatic N) is 1. The molecule has 1 saturated heterocycles. The Labute approximate surface area is 40.7 Å². The normalized spacial score (nSPS) is 22.7. The van der Waals surface area contributed by atoms with Crippen LogP contribution in [0.25, 0.3) is 0 Å². The van der Waals surface area contributed by atoms with Gasteiger partial charge in [-0.05, 0) is 0 Å². The van der Waals surface area contributed by atoms with E-state index in [0.717, 1.165) is 0 Å². The van der Waals surface area contributed by atoms with Crippen LogP contribution in [0.2, 0.25) is 0 Å². The summed E-state index contributed by atoms with van der Waals surface area (Å²) in [6.07, 6.45) is 0.337. The molecule has 4 nitrogen and oxygen atoms in total. The minimum atomic E-state index is -0.185. The lowest BCUT2D eigenvalue weighted by atomic mass is 10.5. The summed E-state index contributed by atoms with van der Waals surface area (Å²) in [6, 6.07) is 0. The lowest BCUT2D eigenvalue weighted by Crippen LogP contribution is -2.26. The summed E-state index contributed by atoms with van der Waals surface area (Å²) in [6.45, 7) is 0.291. The summed E-state index contributed by atoms with van der Waals surface area (Å²) in [5.41, 5.74) is 2.06. The highest BCUT2D eigenvalue weighted by atomic mass is 16.5. The van der Waals surface area contributed by atoms with E-state index in [1.807, 2.05) is 0 Å². The maximum absolute atomic E-state index is 10.1. The number of hydrogen-bond donors (Lipinski definition) is 1. The number of carbonyl (C=O) groups excluding carboxylic acids is 1. The van der Waals surface area contributed by atoms with Crippen LogP contribution in [0.15, 0.2) is 0 Å². The monoisotopic (exact) mass is 101 g/mol. The van der Waals surface area contributed by atoms with Gasteiger partial charge in [-0.2, -0.15) is 0 Å². The molecule has 40 valence electrons. The Morgan fingerprint density at radius 3 is 2.71 bits per heavy atom. The fraction of sp³-hybridized carbons (Fsp3) is 0.667. The quantitative estimate of drug-likeness (QED) is 0.435. The van der Waals surface area contributed by atoms with Crippen LogP contribution in [0.1, 0.15) is 6.42 Å². The number of hydrogen-bond acceptors (Lipinski definition) is 3. The van der Waals surface area contributed by atoms with E-state index in [0.29, 0.717) is 18.1 Å². The zero-order valence-electron chi connectivity index (χ0n) is 3.68. The van der Waals surface area contributed by atoms with Crippen LogP contribution >= 0.6 is 0 Å². The number of hydroxylamine groups is 1. The van der Waals surface area contributed by atoms with Crippen LogP contribution in [0.3, 0.4) is 0 Å². The number of rotatable bonds is 0. The van der Waals surface area contributed by atoms with Gasteiger partial charge in [0.1, 0.15) is 0 Å². The molecular weight excluding hydrogens is 96.0 g/mol. The lowest BCUT2D eigenvalue weighted by molar-refractivity contribution is -0.120. The number of nitrogens with one attached hydrogen (secondary N) is 1. The van der Waals surface area contributed by atoms with Crippen molar-refractivity contribution in [3.05, 3.63) is 5.21 Å². The second-order valence-corrected chi connectivity index (χ2v) is 1.39. The first-order valence-corrected chi connectivity index (χ1v) is 2.03. The van der Waals surface area contributed by atoms with E-state index in [9.17, 15) is 10.0 Å². The van der Waals surface area contributed by atoms with Gasteiger partial charge in [0.2, 0.25) is 5.91 Å². The van der Waals surface area contributed by atoms with Gasteiger partial charge in [-0.3, -0.25) is 9.97 Å². The van der Waals surface area contributed by atoms with Gasteiger partial charge < -0.3 is 10.6 Å². The Bertz CT molecular complexity index is 92.9. The fourth-order valence-electron chi connectivity index (χ4n) is 0.454. The average molecular weight is 101 g/mol. The molecule has 0 aliphatic carbocycles. The third kappa shape index (κ3) is 0.880. The molecule has 0 bridgehead atoms. The predicted octanol–water partition coefficient (Wildman–Crippen LogP) is -0.779. The highest BCUT2D eigenvalue weighted by Gasteiger charge is 2.08. The van der Waals surface area contributed by atoms with Crippen molar-refractivity contribution in [1.29, 1.82) is 0 Å². The number of amides is 1. The fourth-order valence-corrected chi connectivity index (χ4v) is 0.454. The Morgan fingerprint density at radius 2 is 2.57 bits per heavy atom. The van der Waals surface area contributed by atoms with Crippen molar-refractivity contribution in [3.8, 4) is 0 Å². The van der Waals surface area contributed by atoms with Crippen LogP contribution < -0.4 is 5.43 Å². The minimum absolute atomic E-state index is 0.185. The molecule has 1 aliphatic heterocycles. The molecule has 1 aliphatic rings. The predicted molar refractivity (Wildman–Crippen MR) is 22.8 cm³/mol. The zero-order valence-corrected chi connectivity index (χ0v) is 3.68. The van der Waals surface area contributed by atoms with Crippen LogP contribution in [0.4, 0.5) is 0 Å². The molecule has 4 heteroatoms. The number of carbonyl (C=O) groups is 1. The van der Waals surface area contributed by atoms with Crippen molar-refractivity contribution in [2.24, 2.45) is 0 Å². The first-order chi connectivity index (χ1) is 3.29. The molecule has 7 heavy (non-hydrogen) atoms. The Balaban J connectivity index is 2.40. The van der Waals surface area contributed by atoms with E-state index in [4.69, 9.17) is 0 Å². The molecular formula is C3H5N2O2-. The van der Waals surface area contributed by atoms with E-state index in [-0.39, 0.29) is 5.91 Å². The molecule has 1 heterocycles. The molecule has 0 aromatic heterocycles. The van der Waals surface area contributed by atoms with Crippen LogP contribution in [-0.2, 0) is 4.79 Å². The zero-order chi connectivity index (χ0) is 5.28. The second-order valence-electron chi connectivity index (χ2n) is 1.39. The summed E-state index contributed by atoms with van der Waals surface area (Å²) in [5, 5.41) is 10.6. The molecule has 1 rings (SSSR count). The Morgan fingerprint density at radius 1 is 1.86 bits per heavy atom. The van der Waals surface area contributed by atoms with Gasteiger partial charge in [0.15, 0.2) is 0 Å². The highest BCUT2D eigenvalue weighted by Crippen LogP contribution is 1.92. The van der Waals surface area contributed by atoms with Gasteiger partial charge in [0.25, 0.3) is 0 Å². The third-order valence-electron chi connectivity index (χ3n) is 0.791. The van der Waals surface area contributed by atoms with Gasteiger partial charge in [0, 0.05) is 13.0 Å². The van der Waals surface area contributed by atoms with Crippen molar-refractivity contribution in [3.63, 3.8) is 0 Å². The molecule has 0 aromatic rings. The highest BCUT2D eigenvalue weighted by molar-refractivity contribution is 5.77. The Kier molecular flexibility index (Phi) is 0.958. The summed E-state index contributed by atoms with van der Waals surface area (Å²) >= 11 is 0. The number of hydrazine groups is 1. The average Bonchev–Trinajstić information content (AvgIpc) is 1.87. The van der Waals surface area contributed by atoms with E-state index >= 15 is 0 Å². The van der Waals surface area contributed by atoms with Gasteiger partial charge in [-0.25, -0.2) is 0 Å². The second kappa shape index (κ2) is 1.48. The lowest BCUT2D eigenvalue weighted by Gasteiger charge is -2.18. The molecule has 0 unspecified atom stereocenters. The first-order valence-electron chi connectivity index (χ1n) is 2.03. The molecule has 1 amide bonds. The summed E-state index contributed by atoms with van der Waals surface area (Å²) in [5.74, 6) is -0.185. The van der Waals surface area contributed by atoms with E-state index in [1.54, 1.807) is 0 Å². The van der Waals surface area contributed by atoms with Gasteiger partial charge in [0.05, 0.1) is 0 Å². The summed E-state index contributed by atoms with van der Waals surface area (Å²) in [7, 11) is 0. The molecule has 0 aromatic carbocycles. The van der Waals surface area contributed by atoms with E-state index in [1.165, 1.54) is 0 Å². The largest absolute Gasteiger partial charge is 0.767 e. The first kappa shape index (κ1) is 4.55. The van der Waals surface area contributed by atoms with Crippen LogP contribution in [0, 0.1) is 5.21 Å². The minimum Gasteiger partial charge on any atom is -0.767 e. The van der Waals surface area contributed by atoms with E-state index in [2.05, 4.69) is 5.43 Å². The van der Waals surface area contributed by atoms with Crippen molar-refractivity contribution < 1.29 is 4.79 Å². The molecule has 1 fully saturated rings.